The number of nitrogens with one attached hydrogen (secondary N) is 1. The highest BCUT2D eigenvalue weighted by Crippen LogP contribution is 2.26. The normalized spacial score (nSPS) is 12.8. The zero-order valence-corrected chi connectivity index (χ0v) is 14.8. The number of hydrogen-bond acceptors (Lipinski definition) is 4. The molecule has 0 saturated carbocycles. The maximum atomic E-state index is 12.6. The van der Waals surface area contributed by atoms with E-state index in [1.54, 1.807) is 13.2 Å². The topological polar surface area (TPSA) is 78.6 Å². The van der Waals surface area contributed by atoms with Gasteiger partial charge in [-0.2, -0.15) is 0 Å². The van der Waals surface area contributed by atoms with Crippen LogP contribution in [0.15, 0.2) is 35.1 Å². The number of hydrogen-bond donors (Lipinski definition) is 2. The van der Waals surface area contributed by atoms with Crippen molar-refractivity contribution in [2.24, 2.45) is 5.41 Å². The van der Waals surface area contributed by atoms with Crippen molar-refractivity contribution in [1.82, 2.24) is 9.88 Å². The van der Waals surface area contributed by atoms with E-state index in [0.717, 1.165) is 11.1 Å². The van der Waals surface area contributed by atoms with Crippen LogP contribution in [0.3, 0.4) is 0 Å². The minimum atomic E-state index is -0.285. The summed E-state index contributed by atoms with van der Waals surface area (Å²) in [6, 6.07) is 5.08. The van der Waals surface area contributed by atoms with Gasteiger partial charge in [-0.1, -0.05) is 26.8 Å². The summed E-state index contributed by atoms with van der Waals surface area (Å²) >= 11 is 0. The Bertz CT molecular complexity index is 690. The third-order valence-electron chi connectivity index (χ3n) is 4.12. The molecule has 0 fully saturated rings. The lowest BCUT2D eigenvalue weighted by Gasteiger charge is -2.36. The van der Waals surface area contributed by atoms with Gasteiger partial charge in [-0.05, 0) is 30.0 Å². The fraction of sp³-hybridized carbons (Fsp3) is 0.444. The highest BCUT2D eigenvalue weighted by atomic mass is 16.3. The summed E-state index contributed by atoms with van der Waals surface area (Å²) < 4.78 is 5.30. The standard InChI is InChI=1S/C18H25N3O3/c1-12-6-7-13(16-19-8-9-24-16)10-14(12)20-17(23)21(5)15(11-22)18(2,3)4/h6-10,15,22H,11H2,1-5H3,(H,20,23). The minimum absolute atomic E-state index is 0.0945. The van der Waals surface area contributed by atoms with Crippen LogP contribution in [-0.2, 0) is 0 Å². The van der Waals surface area contributed by atoms with Crippen molar-refractivity contribution in [1.29, 1.82) is 0 Å². The quantitative estimate of drug-likeness (QED) is 0.898. The summed E-state index contributed by atoms with van der Waals surface area (Å²) in [5, 5.41) is 12.5. The lowest BCUT2D eigenvalue weighted by Crippen LogP contribution is -2.48. The molecule has 1 atom stereocenters. The molecule has 2 rings (SSSR count). The first-order chi connectivity index (χ1) is 11.2. The first-order valence-corrected chi connectivity index (χ1v) is 7.89. The molecule has 0 spiro atoms. The smallest absolute Gasteiger partial charge is 0.321 e. The number of carbonyl (C=O) groups excluding carboxylic acids is 1. The van der Waals surface area contributed by atoms with E-state index in [1.807, 2.05) is 45.9 Å². The van der Waals surface area contributed by atoms with Crippen molar-refractivity contribution in [2.75, 3.05) is 19.0 Å². The fourth-order valence-electron chi connectivity index (χ4n) is 2.58. The number of aryl methyl sites for hydroxylation is 1. The number of likely N-dealkylation sites (N-methyl/N-ethyl adjacent to an activating group) is 1. The first-order valence-electron chi connectivity index (χ1n) is 7.89. The highest BCUT2D eigenvalue weighted by molar-refractivity contribution is 5.91. The molecule has 2 N–H and O–H groups in total. The van der Waals surface area contributed by atoms with Gasteiger partial charge >= 0.3 is 6.03 Å². The Hall–Kier alpha value is -2.34. The Kier molecular flexibility index (Phi) is 5.29. The van der Waals surface area contributed by atoms with E-state index in [4.69, 9.17) is 4.42 Å². The van der Waals surface area contributed by atoms with Crippen LogP contribution >= 0.6 is 0 Å². The molecule has 1 unspecified atom stereocenters. The van der Waals surface area contributed by atoms with E-state index < -0.39 is 0 Å². The molecule has 0 saturated heterocycles. The van der Waals surface area contributed by atoms with E-state index in [9.17, 15) is 9.90 Å². The number of nitrogens with zero attached hydrogens (tertiary/aromatic N) is 2. The van der Waals surface area contributed by atoms with Crippen LogP contribution in [0.4, 0.5) is 10.5 Å². The first kappa shape index (κ1) is 18.0. The Morgan fingerprint density at radius 2 is 2.12 bits per heavy atom. The summed E-state index contributed by atoms with van der Waals surface area (Å²) in [5.41, 5.74) is 2.19. The minimum Gasteiger partial charge on any atom is -0.445 e. The van der Waals surface area contributed by atoms with Crippen molar-refractivity contribution in [3.8, 4) is 11.5 Å². The number of urea groups is 1. The largest absolute Gasteiger partial charge is 0.445 e. The van der Waals surface area contributed by atoms with Crippen molar-refractivity contribution in [2.45, 2.75) is 33.7 Å². The molecule has 24 heavy (non-hydrogen) atoms. The Morgan fingerprint density at radius 3 is 2.67 bits per heavy atom. The van der Waals surface area contributed by atoms with Gasteiger partial charge in [0, 0.05) is 18.3 Å². The molecule has 2 amide bonds. The number of aliphatic hydroxyl groups is 1. The predicted octanol–water partition coefficient (Wildman–Crippen LogP) is 3.52. The number of oxazole rings is 1. The van der Waals surface area contributed by atoms with E-state index in [2.05, 4.69) is 10.3 Å². The second-order valence-electron chi connectivity index (χ2n) is 6.97. The number of aliphatic hydroxyl groups excluding tert-OH is 1. The summed E-state index contributed by atoms with van der Waals surface area (Å²) in [6.45, 7) is 7.80. The fourth-order valence-corrected chi connectivity index (χ4v) is 2.58. The van der Waals surface area contributed by atoms with Crippen molar-refractivity contribution >= 4 is 11.7 Å². The predicted molar refractivity (Wildman–Crippen MR) is 93.8 cm³/mol. The van der Waals surface area contributed by atoms with Gasteiger partial charge in [0.1, 0.15) is 6.26 Å². The molecule has 1 aromatic carbocycles. The Labute approximate surface area is 142 Å². The highest BCUT2D eigenvalue weighted by Gasteiger charge is 2.30. The van der Waals surface area contributed by atoms with E-state index in [1.165, 1.54) is 11.2 Å². The third kappa shape index (κ3) is 3.94. The van der Waals surface area contributed by atoms with Crippen LogP contribution in [0.2, 0.25) is 0 Å². The molecule has 130 valence electrons. The summed E-state index contributed by atoms with van der Waals surface area (Å²) in [5.74, 6) is 0.502. The number of carbonyl (C=O) groups is 1. The van der Waals surface area contributed by atoms with Gasteiger partial charge in [-0.3, -0.25) is 0 Å². The van der Waals surface area contributed by atoms with Gasteiger partial charge in [-0.15, -0.1) is 0 Å². The summed E-state index contributed by atoms with van der Waals surface area (Å²) in [4.78, 5) is 18.2. The molecule has 0 aliphatic carbocycles. The third-order valence-corrected chi connectivity index (χ3v) is 4.12. The Balaban J connectivity index is 2.21. The van der Waals surface area contributed by atoms with E-state index in [0.29, 0.717) is 11.6 Å². The SMILES string of the molecule is Cc1ccc(-c2ncco2)cc1NC(=O)N(C)C(CO)C(C)(C)C. The van der Waals surface area contributed by atoms with Gasteiger partial charge in [-0.25, -0.2) is 9.78 Å². The van der Waals surface area contributed by atoms with Gasteiger partial charge in [0.2, 0.25) is 5.89 Å². The molecular formula is C18H25N3O3. The van der Waals surface area contributed by atoms with Crippen molar-refractivity contribution < 1.29 is 14.3 Å². The summed E-state index contributed by atoms with van der Waals surface area (Å²) in [6.07, 6.45) is 3.09. The molecule has 0 aliphatic heterocycles. The van der Waals surface area contributed by atoms with Crippen molar-refractivity contribution in [3.63, 3.8) is 0 Å². The van der Waals surface area contributed by atoms with Gasteiger partial charge in [0.05, 0.1) is 18.8 Å². The molecule has 1 heterocycles. The lowest BCUT2D eigenvalue weighted by atomic mass is 9.86. The maximum absolute atomic E-state index is 12.6. The van der Waals surface area contributed by atoms with Crippen LogP contribution in [0.25, 0.3) is 11.5 Å². The molecule has 0 radical (unpaired) electrons. The molecule has 6 heteroatoms. The molecule has 1 aromatic heterocycles. The average molecular weight is 331 g/mol. The average Bonchev–Trinajstić information content (AvgIpc) is 3.02. The monoisotopic (exact) mass is 331 g/mol. The van der Waals surface area contributed by atoms with Gasteiger partial charge in [0.25, 0.3) is 0 Å². The van der Waals surface area contributed by atoms with Crippen LogP contribution in [0.1, 0.15) is 26.3 Å². The second-order valence-corrected chi connectivity index (χ2v) is 6.97. The van der Waals surface area contributed by atoms with Crippen molar-refractivity contribution in [3.05, 3.63) is 36.2 Å². The zero-order chi connectivity index (χ0) is 17.9. The number of anilines is 1. The van der Waals surface area contributed by atoms with E-state index in [-0.39, 0.29) is 24.1 Å². The molecule has 2 aromatic rings. The van der Waals surface area contributed by atoms with Gasteiger partial charge in [0.15, 0.2) is 0 Å². The number of amides is 2. The molecule has 6 nitrogen and oxygen atoms in total. The van der Waals surface area contributed by atoms with Gasteiger partial charge < -0.3 is 19.7 Å². The number of benzene rings is 1. The second kappa shape index (κ2) is 7.05. The zero-order valence-electron chi connectivity index (χ0n) is 14.8. The molecule has 0 bridgehead atoms. The lowest BCUT2D eigenvalue weighted by molar-refractivity contribution is 0.0886. The number of aromatic nitrogens is 1. The van der Waals surface area contributed by atoms with E-state index >= 15 is 0 Å². The van der Waals surface area contributed by atoms with Crippen LogP contribution in [0.5, 0.6) is 0 Å². The Morgan fingerprint density at radius 1 is 1.42 bits per heavy atom. The molecular weight excluding hydrogens is 306 g/mol. The van der Waals surface area contributed by atoms with Crippen LogP contribution in [-0.4, -0.2) is 40.7 Å². The van der Waals surface area contributed by atoms with Crippen LogP contribution < -0.4 is 5.32 Å². The molecule has 0 aliphatic rings. The maximum Gasteiger partial charge on any atom is 0.321 e. The number of rotatable bonds is 4. The summed E-state index contributed by atoms with van der Waals surface area (Å²) in [7, 11) is 1.69. The van der Waals surface area contributed by atoms with Crippen LogP contribution in [0, 0.1) is 12.3 Å².